The molecular formula is C13H24ClN2NaO8P2S. The van der Waals surface area contributed by atoms with E-state index in [1.807, 2.05) is 0 Å². The third-order valence-electron chi connectivity index (χ3n) is 2.92. The second-order valence-electron chi connectivity index (χ2n) is 5.31. The Hall–Kier alpha value is 0.550. The molecule has 0 aliphatic carbocycles. The zero-order chi connectivity index (χ0) is 21.3. The summed E-state index contributed by atoms with van der Waals surface area (Å²) in [5, 5.41) is 8.74. The molecule has 1 aromatic carbocycles. The van der Waals surface area contributed by atoms with Gasteiger partial charge in [-0.2, -0.15) is 0 Å². The Balaban J connectivity index is -0.000000491. The van der Waals surface area contributed by atoms with Gasteiger partial charge in [0.15, 0.2) is 0 Å². The molecule has 0 aliphatic rings. The van der Waals surface area contributed by atoms with Crippen LogP contribution in [0, 0.1) is 0 Å². The van der Waals surface area contributed by atoms with Crippen molar-refractivity contribution in [3.63, 3.8) is 0 Å². The maximum absolute atomic E-state index is 11.0. The van der Waals surface area contributed by atoms with Gasteiger partial charge >= 0.3 is 50.7 Å². The predicted molar refractivity (Wildman–Crippen MR) is 105 cm³/mol. The Kier molecular flexibility index (Phi) is 16.0. The first-order chi connectivity index (χ1) is 12.3. The van der Waals surface area contributed by atoms with Crippen LogP contribution < -0.4 is 41.0 Å². The predicted octanol–water partition coefficient (Wildman–Crippen LogP) is -1.29. The van der Waals surface area contributed by atoms with Crippen molar-refractivity contribution in [2.45, 2.75) is 34.9 Å². The summed E-state index contributed by atoms with van der Waals surface area (Å²) in [6.07, 6.45) is 2.16. The quantitative estimate of drug-likeness (QED) is 0.0942. The van der Waals surface area contributed by atoms with Gasteiger partial charge < -0.3 is 37.6 Å². The van der Waals surface area contributed by atoms with E-state index in [0.717, 1.165) is 12.8 Å². The number of aliphatic carboxylic acids is 1. The summed E-state index contributed by atoms with van der Waals surface area (Å²) < 4.78 is 19.9. The Morgan fingerprint density at radius 1 is 1.11 bits per heavy atom. The second-order valence-corrected chi connectivity index (χ2v) is 11.4. The number of rotatable bonds is 9. The molecule has 1 atom stereocenters. The number of carboxylic acids is 1. The molecule has 28 heavy (non-hydrogen) atoms. The number of unbranched alkanes of at least 4 members (excludes halogenated alkanes) is 1. The van der Waals surface area contributed by atoms with E-state index >= 15 is 0 Å². The van der Waals surface area contributed by atoms with Crippen LogP contribution in [0.15, 0.2) is 29.2 Å². The first-order valence-electron chi connectivity index (χ1n) is 7.50. The third kappa shape index (κ3) is 13.7. The molecule has 0 heterocycles. The molecule has 158 valence electrons. The fraction of sp³-hybridized carbons (Fsp3) is 0.462. The molecule has 0 aromatic heterocycles. The van der Waals surface area contributed by atoms with Crippen molar-refractivity contribution >= 4 is 44.5 Å². The number of halogens is 1. The summed E-state index contributed by atoms with van der Waals surface area (Å²) in [6, 6.07) is 5.04. The van der Waals surface area contributed by atoms with Crippen molar-refractivity contribution in [1.29, 1.82) is 0 Å². The van der Waals surface area contributed by atoms with Crippen LogP contribution in [-0.4, -0.2) is 48.0 Å². The standard InChI is InChI=1S/C7H9ClO6P2S.C6H14N2O2.Na.H/c8-5-1-3-6(4-2-5)17-7(15(9,10)11)16(12,13)14;7-4-2-1-3-5(8)6(9)10;;/h1-4,7H,(H2,9,10,11)(H2,12,13,14);5H,1-4,7-8H2,(H,9,10);;/q;;+1;-1. The topological polar surface area (TPSA) is 204 Å². The molecule has 1 unspecified atom stereocenters. The fourth-order valence-corrected chi connectivity index (χ4v) is 5.66. The average molecular weight is 489 g/mol. The minimum absolute atomic E-state index is 0. The Morgan fingerprint density at radius 2 is 1.57 bits per heavy atom. The van der Waals surface area contributed by atoms with Gasteiger partial charge in [0.05, 0.1) is 0 Å². The molecule has 9 N–H and O–H groups in total. The first kappa shape index (κ1) is 30.7. The zero-order valence-electron chi connectivity index (χ0n) is 16.1. The number of carbonyl (C=O) groups is 1. The molecule has 15 heteroatoms. The van der Waals surface area contributed by atoms with Gasteiger partial charge in [0.2, 0.25) is 4.73 Å². The number of benzene rings is 1. The van der Waals surface area contributed by atoms with Crippen molar-refractivity contribution in [3.8, 4) is 0 Å². The molecule has 0 saturated carbocycles. The van der Waals surface area contributed by atoms with Crippen molar-refractivity contribution < 1.29 is 69.6 Å². The molecule has 1 rings (SSSR count). The Morgan fingerprint density at radius 3 is 1.93 bits per heavy atom. The van der Waals surface area contributed by atoms with E-state index in [4.69, 9.17) is 47.7 Å². The molecule has 0 fully saturated rings. The zero-order valence-corrected chi connectivity index (χ0v) is 20.4. The minimum atomic E-state index is -4.91. The van der Waals surface area contributed by atoms with Crippen molar-refractivity contribution in [1.82, 2.24) is 0 Å². The number of hydrogen-bond acceptors (Lipinski definition) is 6. The van der Waals surface area contributed by atoms with Crippen molar-refractivity contribution in [2.75, 3.05) is 6.54 Å². The van der Waals surface area contributed by atoms with E-state index in [2.05, 4.69) is 0 Å². The van der Waals surface area contributed by atoms with Gasteiger partial charge in [0, 0.05) is 9.92 Å². The fourth-order valence-electron chi connectivity index (χ4n) is 1.60. The van der Waals surface area contributed by atoms with E-state index in [1.165, 1.54) is 24.3 Å². The average Bonchev–Trinajstić information content (AvgIpc) is 2.52. The van der Waals surface area contributed by atoms with Crippen molar-refractivity contribution in [2.24, 2.45) is 11.5 Å². The number of carboxylic acid groups (broad SMARTS) is 1. The van der Waals surface area contributed by atoms with Crippen molar-refractivity contribution in [3.05, 3.63) is 29.3 Å². The molecule has 0 bridgehead atoms. The van der Waals surface area contributed by atoms with Crippen LogP contribution in [0.1, 0.15) is 20.7 Å². The number of hydrogen-bond donors (Lipinski definition) is 7. The van der Waals surface area contributed by atoms with Gasteiger partial charge in [-0.1, -0.05) is 29.8 Å². The SMILES string of the molecule is NCCCCC(N)C(=O)O.O=P(O)(O)C(Sc1ccc(Cl)cc1)P(=O)(O)O.[H-].[Na+]. The molecule has 10 nitrogen and oxygen atoms in total. The molecule has 0 radical (unpaired) electrons. The van der Waals surface area contributed by atoms with Crippen LogP contribution in [0.5, 0.6) is 0 Å². The van der Waals surface area contributed by atoms with Crippen LogP contribution in [0.3, 0.4) is 0 Å². The summed E-state index contributed by atoms with van der Waals surface area (Å²) >= 11 is 6.04. The van der Waals surface area contributed by atoms with Gasteiger partial charge in [-0.15, -0.1) is 0 Å². The maximum atomic E-state index is 11.0. The number of nitrogens with two attached hydrogens (primary N) is 2. The van der Waals surface area contributed by atoms with Crippen LogP contribution in [-0.2, 0) is 13.9 Å². The van der Waals surface area contributed by atoms with Crippen LogP contribution in [0.25, 0.3) is 0 Å². The smallest absolute Gasteiger partial charge is 1.00 e. The van der Waals surface area contributed by atoms with Crippen LogP contribution in [0.4, 0.5) is 0 Å². The molecule has 1 aromatic rings. The summed E-state index contributed by atoms with van der Waals surface area (Å²) in [4.78, 5) is 46.1. The molecule has 0 amide bonds. The van der Waals surface area contributed by atoms with Gasteiger partial charge in [-0.05, 0) is 43.7 Å². The Labute approximate surface area is 195 Å². The third-order valence-corrected chi connectivity index (χ3v) is 9.16. The van der Waals surface area contributed by atoms with Crippen LogP contribution >= 0.6 is 38.6 Å². The molecular weight excluding hydrogens is 465 g/mol. The molecule has 0 aliphatic heterocycles. The Bertz CT molecular complexity index is 672. The largest absolute Gasteiger partial charge is 1.00 e. The normalized spacial score (nSPS) is 12.6. The van der Waals surface area contributed by atoms with E-state index in [1.54, 1.807) is 0 Å². The van der Waals surface area contributed by atoms with E-state index in [-0.39, 0.29) is 31.0 Å². The van der Waals surface area contributed by atoms with E-state index < -0.39 is 31.9 Å². The summed E-state index contributed by atoms with van der Waals surface area (Å²) in [5.41, 5.74) is 10.4. The first-order valence-corrected chi connectivity index (χ1v) is 12.1. The summed E-state index contributed by atoms with van der Waals surface area (Å²) in [5.74, 6) is -0.933. The second kappa shape index (κ2) is 14.5. The monoisotopic (exact) mass is 488 g/mol. The van der Waals surface area contributed by atoms with Gasteiger partial charge in [0.1, 0.15) is 6.04 Å². The van der Waals surface area contributed by atoms with Gasteiger partial charge in [0.25, 0.3) is 0 Å². The molecule has 0 spiro atoms. The number of thioether (sulfide) groups is 1. The minimum Gasteiger partial charge on any atom is -1.00 e. The van der Waals surface area contributed by atoms with Gasteiger partial charge in [-0.25, -0.2) is 0 Å². The molecule has 0 saturated heterocycles. The van der Waals surface area contributed by atoms with E-state index in [0.29, 0.717) is 34.6 Å². The summed E-state index contributed by atoms with van der Waals surface area (Å²) in [7, 11) is -9.82. The summed E-state index contributed by atoms with van der Waals surface area (Å²) in [6.45, 7) is 0.604. The van der Waals surface area contributed by atoms with Crippen LogP contribution in [0.2, 0.25) is 5.02 Å². The van der Waals surface area contributed by atoms with Gasteiger partial charge in [-0.3, -0.25) is 13.9 Å². The van der Waals surface area contributed by atoms with E-state index in [9.17, 15) is 13.9 Å². The maximum Gasteiger partial charge on any atom is 1.00 e.